The van der Waals surface area contributed by atoms with Gasteiger partial charge in [0.15, 0.2) is 11.5 Å². The van der Waals surface area contributed by atoms with E-state index in [0.717, 1.165) is 24.2 Å². The molecule has 1 amide bonds. The fourth-order valence-corrected chi connectivity index (χ4v) is 3.98. The maximum Gasteiger partial charge on any atom is 0.231 e. The number of benzene rings is 2. The number of ether oxygens (including phenoxy) is 3. The highest BCUT2D eigenvalue weighted by Crippen LogP contribution is 2.40. The van der Waals surface area contributed by atoms with E-state index in [1.54, 1.807) is 6.07 Å². The van der Waals surface area contributed by atoms with Gasteiger partial charge >= 0.3 is 0 Å². The summed E-state index contributed by atoms with van der Waals surface area (Å²) in [5.41, 5.74) is 1.02. The quantitative estimate of drug-likeness (QED) is 0.825. The summed E-state index contributed by atoms with van der Waals surface area (Å²) < 4.78 is 30.4. The average Bonchev–Trinajstić information content (AvgIpc) is 3.18. The number of fused-ring (bicyclic) bond motifs is 1. The van der Waals surface area contributed by atoms with Gasteiger partial charge in [0.25, 0.3) is 0 Å². The van der Waals surface area contributed by atoms with Crippen molar-refractivity contribution in [2.24, 2.45) is 0 Å². The molecule has 2 aliphatic rings. The first kappa shape index (κ1) is 19.0. The summed E-state index contributed by atoms with van der Waals surface area (Å²) >= 11 is 6.04. The van der Waals surface area contributed by atoms with Crippen molar-refractivity contribution in [2.75, 3.05) is 26.6 Å². The predicted octanol–water partition coefficient (Wildman–Crippen LogP) is 3.61. The lowest BCUT2D eigenvalue weighted by Gasteiger charge is -2.38. The van der Waals surface area contributed by atoms with Gasteiger partial charge in [0.1, 0.15) is 5.82 Å². The number of carbonyl (C=O) groups excluding carboxylic acids is 1. The summed E-state index contributed by atoms with van der Waals surface area (Å²) in [6, 6.07) is 10.3. The Balaban J connectivity index is 1.50. The lowest BCUT2D eigenvalue weighted by Crippen LogP contribution is -2.45. The van der Waals surface area contributed by atoms with Crippen LogP contribution in [-0.4, -0.2) is 32.5 Å². The molecule has 0 aromatic heterocycles. The van der Waals surface area contributed by atoms with Crippen LogP contribution in [0.2, 0.25) is 5.02 Å². The molecule has 0 unspecified atom stereocenters. The highest BCUT2D eigenvalue weighted by atomic mass is 35.5. The van der Waals surface area contributed by atoms with E-state index in [0.29, 0.717) is 25.5 Å². The van der Waals surface area contributed by atoms with Crippen molar-refractivity contribution < 1.29 is 23.4 Å². The number of rotatable bonds is 5. The maximum absolute atomic E-state index is 14.0. The Morgan fingerprint density at radius 1 is 1.14 bits per heavy atom. The highest BCUT2D eigenvalue weighted by molar-refractivity contribution is 6.31. The second kappa shape index (κ2) is 7.97. The maximum atomic E-state index is 14.0. The second-order valence-corrected chi connectivity index (χ2v) is 7.52. The summed E-state index contributed by atoms with van der Waals surface area (Å²) in [6.07, 6.45) is 1.44. The van der Waals surface area contributed by atoms with Gasteiger partial charge in [-0.2, -0.15) is 0 Å². The number of halogens is 2. The molecule has 0 saturated carbocycles. The van der Waals surface area contributed by atoms with Crippen LogP contribution >= 0.6 is 11.6 Å². The van der Waals surface area contributed by atoms with Gasteiger partial charge < -0.3 is 19.5 Å². The van der Waals surface area contributed by atoms with Crippen LogP contribution in [0.15, 0.2) is 36.4 Å². The molecule has 4 rings (SSSR count). The molecular formula is C21H21ClFNO4. The minimum absolute atomic E-state index is 0.0980. The molecule has 0 atom stereocenters. The zero-order valence-corrected chi connectivity index (χ0v) is 16.1. The Labute approximate surface area is 167 Å². The van der Waals surface area contributed by atoms with Gasteiger partial charge in [-0.05, 0) is 42.7 Å². The second-order valence-electron chi connectivity index (χ2n) is 7.11. The van der Waals surface area contributed by atoms with E-state index >= 15 is 0 Å². The largest absolute Gasteiger partial charge is 0.454 e. The Morgan fingerprint density at radius 3 is 2.71 bits per heavy atom. The van der Waals surface area contributed by atoms with Crippen molar-refractivity contribution in [2.45, 2.75) is 24.7 Å². The van der Waals surface area contributed by atoms with Crippen LogP contribution in [-0.2, 0) is 21.4 Å². The lowest BCUT2D eigenvalue weighted by atomic mass is 9.74. The molecule has 0 aliphatic carbocycles. The zero-order chi connectivity index (χ0) is 19.6. The van der Waals surface area contributed by atoms with Crippen LogP contribution in [0.5, 0.6) is 11.5 Å². The van der Waals surface area contributed by atoms with E-state index in [2.05, 4.69) is 5.32 Å². The lowest BCUT2D eigenvalue weighted by molar-refractivity contribution is -0.121. The molecule has 2 heterocycles. The molecule has 0 radical (unpaired) electrons. The fourth-order valence-electron chi connectivity index (χ4n) is 3.75. The molecule has 1 saturated heterocycles. The highest BCUT2D eigenvalue weighted by Gasteiger charge is 2.36. The summed E-state index contributed by atoms with van der Waals surface area (Å²) in [6.45, 7) is 1.88. The normalized spacial score (nSPS) is 17.4. The van der Waals surface area contributed by atoms with Gasteiger partial charge in [-0.15, -0.1) is 0 Å². The molecule has 28 heavy (non-hydrogen) atoms. The molecule has 1 N–H and O–H groups in total. The molecule has 7 heteroatoms. The molecule has 5 nitrogen and oxygen atoms in total. The van der Waals surface area contributed by atoms with Gasteiger partial charge in [-0.3, -0.25) is 4.79 Å². The standard InChI is InChI=1S/C21H21ClFNO4/c22-16-2-1-3-17(23)15(16)11-20(25)24-12-21(6-8-26-9-7-21)14-4-5-18-19(10-14)28-13-27-18/h1-5,10H,6-9,11-13H2,(H,24,25). The zero-order valence-electron chi connectivity index (χ0n) is 15.3. The van der Waals surface area contributed by atoms with Crippen molar-refractivity contribution >= 4 is 17.5 Å². The summed E-state index contributed by atoms with van der Waals surface area (Å²) in [4.78, 5) is 12.5. The van der Waals surface area contributed by atoms with E-state index in [-0.39, 0.29) is 35.1 Å². The number of amides is 1. The van der Waals surface area contributed by atoms with Crippen LogP contribution in [0.3, 0.4) is 0 Å². The van der Waals surface area contributed by atoms with Crippen molar-refractivity contribution in [3.8, 4) is 11.5 Å². The molecule has 0 bridgehead atoms. The predicted molar refractivity (Wildman–Crippen MR) is 102 cm³/mol. The van der Waals surface area contributed by atoms with Crippen LogP contribution in [0.1, 0.15) is 24.0 Å². The first-order valence-corrected chi connectivity index (χ1v) is 9.63. The van der Waals surface area contributed by atoms with E-state index in [1.807, 2.05) is 18.2 Å². The monoisotopic (exact) mass is 405 g/mol. The Kier molecular flexibility index (Phi) is 5.42. The third-order valence-electron chi connectivity index (χ3n) is 5.46. The van der Waals surface area contributed by atoms with Gasteiger partial charge in [-0.1, -0.05) is 23.7 Å². The minimum atomic E-state index is -0.473. The van der Waals surface area contributed by atoms with Crippen LogP contribution in [0, 0.1) is 5.82 Å². The molecular weight excluding hydrogens is 385 g/mol. The molecule has 1 fully saturated rings. The van der Waals surface area contributed by atoms with Crippen LogP contribution in [0.25, 0.3) is 0 Å². The molecule has 0 spiro atoms. The summed E-state index contributed by atoms with van der Waals surface area (Å²) in [5, 5.41) is 3.23. The molecule has 2 aromatic rings. The Hall–Kier alpha value is -2.31. The SMILES string of the molecule is O=C(Cc1c(F)cccc1Cl)NCC1(c2ccc3c(c2)OCO3)CCOCC1. The number of hydrogen-bond acceptors (Lipinski definition) is 4. The Morgan fingerprint density at radius 2 is 1.93 bits per heavy atom. The van der Waals surface area contributed by atoms with Gasteiger partial charge in [0.2, 0.25) is 12.7 Å². The van der Waals surface area contributed by atoms with E-state index in [9.17, 15) is 9.18 Å². The first-order valence-electron chi connectivity index (χ1n) is 9.25. The van der Waals surface area contributed by atoms with Crippen molar-refractivity contribution in [1.29, 1.82) is 0 Å². The number of carbonyl (C=O) groups is 1. The summed E-state index contributed by atoms with van der Waals surface area (Å²) in [5.74, 6) is 0.704. The topological polar surface area (TPSA) is 56.8 Å². The smallest absolute Gasteiger partial charge is 0.231 e. The van der Waals surface area contributed by atoms with Crippen molar-refractivity contribution in [1.82, 2.24) is 5.32 Å². The van der Waals surface area contributed by atoms with E-state index < -0.39 is 5.82 Å². The van der Waals surface area contributed by atoms with Gasteiger partial charge in [0.05, 0.1) is 6.42 Å². The number of nitrogens with one attached hydrogen (secondary N) is 1. The third kappa shape index (κ3) is 3.80. The van der Waals surface area contributed by atoms with Crippen molar-refractivity contribution in [3.05, 3.63) is 58.4 Å². The molecule has 2 aliphatic heterocycles. The van der Waals surface area contributed by atoms with Crippen molar-refractivity contribution in [3.63, 3.8) is 0 Å². The summed E-state index contributed by atoms with van der Waals surface area (Å²) in [7, 11) is 0. The average molecular weight is 406 g/mol. The first-order chi connectivity index (χ1) is 13.6. The molecule has 148 valence electrons. The van der Waals surface area contributed by atoms with Gasteiger partial charge in [0, 0.05) is 35.8 Å². The van der Waals surface area contributed by atoms with Gasteiger partial charge in [-0.25, -0.2) is 4.39 Å². The fraction of sp³-hybridized carbons (Fsp3) is 0.381. The number of hydrogen-bond donors (Lipinski definition) is 1. The van der Waals surface area contributed by atoms with E-state index in [1.165, 1.54) is 12.1 Å². The molecule has 2 aromatic carbocycles. The minimum Gasteiger partial charge on any atom is -0.454 e. The third-order valence-corrected chi connectivity index (χ3v) is 5.81. The van der Waals surface area contributed by atoms with E-state index in [4.69, 9.17) is 25.8 Å². The van der Waals surface area contributed by atoms with Crippen LogP contribution < -0.4 is 14.8 Å². The van der Waals surface area contributed by atoms with Crippen LogP contribution in [0.4, 0.5) is 4.39 Å². The Bertz CT molecular complexity index is 862.